The highest BCUT2D eigenvalue weighted by molar-refractivity contribution is 5.43. The molecule has 2 heterocycles. The fraction of sp³-hybridized carbons (Fsp3) is 0.500. The zero-order valence-corrected chi connectivity index (χ0v) is 16.9. The van der Waals surface area contributed by atoms with Crippen molar-refractivity contribution in [1.29, 1.82) is 0 Å². The molecule has 5 heteroatoms. The highest BCUT2D eigenvalue weighted by atomic mass is 16.5. The van der Waals surface area contributed by atoms with Crippen LogP contribution in [0.15, 0.2) is 42.6 Å². The van der Waals surface area contributed by atoms with Crippen molar-refractivity contribution >= 4 is 5.82 Å². The number of methoxy groups -OCH3 is 2. The van der Waals surface area contributed by atoms with Crippen molar-refractivity contribution < 1.29 is 9.47 Å². The normalized spacial score (nSPS) is 20.5. The molecule has 0 amide bonds. The summed E-state index contributed by atoms with van der Waals surface area (Å²) in [4.78, 5) is 9.54. The maximum atomic E-state index is 5.41. The lowest BCUT2D eigenvalue weighted by Gasteiger charge is -2.45. The SMILES string of the molecule is COc1ccc(CCCN2[C@H](C)CN(c3ccccn3)C[C@@H]2C)cc1OC. The summed E-state index contributed by atoms with van der Waals surface area (Å²) in [7, 11) is 3.36. The third kappa shape index (κ3) is 4.72. The number of pyridine rings is 1. The third-order valence-corrected chi connectivity index (χ3v) is 5.40. The van der Waals surface area contributed by atoms with Crippen molar-refractivity contribution in [3.8, 4) is 11.5 Å². The highest BCUT2D eigenvalue weighted by Gasteiger charge is 2.29. The van der Waals surface area contributed by atoms with Gasteiger partial charge in [0.1, 0.15) is 5.82 Å². The second-order valence-electron chi connectivity index (χ2n) is 7.32. The van der Waals surface area contributed by atoms with Gasteiger partial charge in [0.05, 0.1) is 14.2 Å². The van der Waals surface area contributed by atoms with Gasteiger partial charge in [0.15, 0.2) is 11.5 Å². The van der Waals surface area contributed by atoms with Gasteiger partial charge in [-0.15, -0.1) is 0 Å². The van der Waals surface area contributed by atoms with Gasteiger partial charge >= 0.3 is 0 Å². The van der Waals surface area contributed by atoms with E-state index < -0.39 is 0 Å². The molecule has 2 aromatic rings. The first kappa shape index (κ1) is 19.5. The lowest BCUT2D eigenvalue weighted by molar-refractivity contribution is 0.130. The molecule has 0 bridgehead atoms. The molecule has 0 saturated carbocycles. The smallest absolute Gasteiger partial charge is 0.160 e. The molecule has 1 saturated heterocycles. The first-order valence-electron chi connectivity index (χ1n) is 9.75. The molecule has 2 atom stereocenters. The van der Waals surface area contributed by atoms with E-state index in [2.05, 4.69) is 52.9 Å². The summed E-state index contributed by atoms with van der Waals surface area (Å²) in [6, 6.07) is 13.4. The summed E-state index contributed by atoms with van der Waals surface area (Å²) in [6.45, 7) is 7.80. The summed E-state index contributed by atoms with van der Waals surface area (Å²) in [6.07, 6.45) is 4.05. The zero-order valence-electron chi connectivity index (χ0n) is 16.9. The van der Waals surface area contributed by atoms with E-state index in [9.17, 15) is 0 Å². The Morgan fingerprint density at radius 2 is 1.74 bits per heavy atom. The summed E-state index contributed by atoms with van der Waals surface area (Å²) >= 11 is 0. The summed E-state index contributed by atoms with van der Waals surface area (Å²) in [5.74, 6) is 2.68. The minimum Gasteiger partial charge on any atom is -0.493 e. The van der Waals surface area contributed by atoms with Crippen LogP contribution in [0.25, 0.3) is 0 Å². The Balaban J connectivity index is 1.54. The standard InChI is InChI=1S/C22H31N3O2/c1-17-15-24(22-9-5-6-12-23-22)16-18(2)25(17)13-7-8-19-10-11-20(26-3)21(14-19)27-4/h5-6,9-12,14,17-18H,7-8,13,15-16H2,1-4H3/t17-,18+. The highest BCUT2D eigenvalue weighted by Crippen LogP contribution is 2.28. The van der Waals surface area contributed by atoms with Gasteiger partial charge in [0.25, 0.3) is 0 Å². The van der Waals surface area contributed by atoms with Crippen LogP contribution >= 0.6 is 0 Å². The number of aryl methyl sites for hydroxylation is 1. The average molecular weight is 370 g/mol. The third-order valence-electron chi connectivity index (χ3n) is 5.40. The molecule has 27 heavy (non-hydrogen) atoms. The molecule has 146 valence electrons. The van der Waals surface area contributed by atoms with Crippen LogP contribution in [-0.2, 0) is 6.42 Å². The molecule has 3 rings (SSSR count). The number of benzene rings is 1. The Bertz CT molecular complexity index is 711. The van der Waals surface area contributed by atoms with E-state index in [1.54, 1.807) is 14.2 Å². The molecular weight excluding hydrogens is 338 g/mol. The Labute approximate surface area is 162 Å². The molecule has 0 N–H and O–H groups in total. The van der Waals surface area contributed by atoms with Gasteiger partial charge < -0.3 is 14.4 Å². The Hall–Kier alpha value is -2.27. The van der Waals surface area contributed by atoms with Gasteiger partial charge in [-0.1, -0.05) is 12.1 Å². The summed E-state index contributed by atoms with van der Waals surface area (Å²) in [5, 5.41) is 0. The predicted molar refractivity (Wildman–Crippen MR) is 110 cm³/mol. The van der Waals surface area contributed by atoms with Crippen LogP contribution in [0.1, 0.15) is 25.8 Å². The van der Waals surface area contributed by atoms with Gasteiger partial charge in [-0.2, -0.15) is 0 Å². The number of piperazine rings is 1. The minimum absolute atomic E-state index is 0.515. The predicted octanol–water partition coefficient (Wildman–Crippen LogP) is 3.63. The maximum Gasteiger partial charge on any atom is 0.160 e. The van der Waals surface area contributed by atoms with Crippen LogP contribution in [0, 0.1) is 0 Å². The molecule has 1 fully saturated rings. The van der Waals surface area contributed by atoms with E-state index >= 15 is 0 Å². The molecule has 5 nitrogen and oxygen atoms in total. The largest absolute Gasteiger partial charge is 0.493 e. The van der Waals surface area contributed by atoms with Gasteiger partial charge in [-0.3, -0.25) is 4.90 Å². The monoisotopic (exact) mass is 369 g/mol. The average Bonchev–Trinajstić information content (AvgIpc) is 2.70. The Morgan fingerprint density at radius 3 is 2.37 bits per heavy atom. The van der Waals surface area contributed by atoms with Crippen LogP contribution in [-0.4, -0.2) is 55.8 Å². The summed E-state index contributed by atoms with van der Waals surface area (Å²) in [5.41, 5.74) is 1.29. The van der Waals surface area contributed by atoms with Crippen LogP contribution in [0.4, 0.5) is 5.82 Å². The molecule has 0 aliphatic carbocycles. The Morgan fingerprint density at radius 1 is 1.00 bits per heavy atom. The quantitative estimate of drug-likeness (QED) is 0.745. The van der Waals surface area contributed by atoms with E-state index in [1.165, 1.54) is 5.56 Å². The van der Waals surface area contributed by atoms with E-state index in [0.717, 1.165) is 49.8 Å². The van der Waals surface area contributed by atoms with E-state index in [1.807, 2.05) is 18.3 Å². The first-order valence-corrected chi connectivity index (χ1v) is 9.75. The number of hydrogen-bond donors (Lipinski definition) is 0. The van der Waals surface area contributed by atoms with Crippen LogP contribution < -0.4 is 14.4 Å². The Kier molecular flexibility index (Phi) is 6.56. The van der Waals surface area contributed by atoms with Gasteiger partial charge in [-0.25, -0.2) is 4.98 Å². The molecular formula is C22H31N3O2. The number of hydrogen-bond acceptors (Lipinski definition) is 5. The van der Waals surface area contributed by atoms with Gasteiger partial charge in [-0.05, 0) is 63.1 Å². The fourth-order valence-electron chi connectivity index (χ4n) is 4.03. The molecule has 0 unspecified atom stereocenters. The molecule has 1 aliphatic rings. The van der Waals surface area contributed by atoms with Crippen molar-refractivity contribution in [3.05, 3.63) is 48.2 Å². The van der Waals surface area contributed by atoms with Crippen molar-refractivity contribution in [3.63, 3.8) is 0 Å². The number of anilines is 1. The summed E-state index contributed by atoms with van der Waals surface area (Å²) < 4.78 is 10.7. The first-order chi connectivity index (χ1) is 13.1. The van der Waals surface area contributed by atoms with Gasteiger partial charge in [0, 0.05) is 31.4 Å². The second-order valence-corrected chi connectivity index (χ2v) is 7.32. The minimum atomic E-state index is 0.515. The molecule has 1 aromatic carbocycles. The maximum absolute atomic E-state index is 5.41. The molecule has 0 radical (unpaired) electrons. The number of ether oxygens (including phenoxy) is 2. The molecule has 1 aromatic heterocycles. The van der Waals surface area contributed by atoms with Crippen molar-refractivity contribution in [2.24, 2.45) is 0 Å². The van der Waals surface area contributed by atoms with Crippen molar-refractivity contribution in [1.82, 2.24) is 9.88 Å². The molecule has 1 aliphatic heterocycles. The zero-order chi connectivity index (χ0) is 19.2. The molecule has 0 spiro atoms. The topological polar surface area (TPSA) is 37.8 Å². The second kappa shape index (κ2) is 9.09. The van der Waals surface area contributed by atoms with Crippen LogP contribution in [0.5, 0.6) is 11.5 Å². The number of nitrogens with zero attached hydrogens (tertiary/aromatic N) is 3. The number of aromatic nitrogens is 1. The lowest BCUT2D eigenvalue weighted by Crippen LogP contribution is -2.57. The number of rotatable bonds is 7. The lowest BCUT2D eigenvalue weighted by atomic mass is 10.0. The van der Waals surface area contributed by atoms with E-state index in [-0.39, 0.29) is 0 Å². The fourth-order valence-corrected chi connectivity index (χ4v) is 4.03. The van der Waals surface area contributed by atoms with Crippen LogP contribution in [0.3, 0.4) is 0 Å². The van der Waals surface area contributed by atoms with E-state index in [4.69, 9.17) is 9.47 Å². The van der Waals surface area contributed by atoms with E-state index in [0.29, 0.717) is 12.1 Å². The van der Waals surface area contributed by atoms with Crippen molar-refractivity contribution in [2.45, 2.75) is 38.8 Å². The van der Waals surface area contributed by atoms with Gasteiger partial charge in [0.2, 0.25) is 0 Å². The van der Waals surface area contributed by atoms with Crippen molar-refractivity contribution in [2.75, 3.05) is 38.8 Å². The van der Waals surface area contributed by atoms with Crippen LogP contribution in [0.2, 0.25) is 0 Å².